The second-order valence-corrected chi connectivity index (χ2v) is 5.72. The van der Waals surface area contributed by atoms with Crippen LogP contribution in [0.4, 0.5) is 0 Å². The molecule has 2 N–H and O–H groups in total. The number of hydrogen-bond acceptors (Lipinski definition) is 3. The highest BCUT2D eigenvalue weighted by Gasteiger charge is 2.36. The molecule has 5 nitrogen and oxygen atoms in total. The fourth-order valence-electron chi connectivity index (χ4n) is 2.84. The van der Waals surface area contributed by atoms with Gasteiger partial charge in [-0.05, 0) is 25.1 Å². The molecule has 0 bridgehead atoms. The third-order valence-electron chi connectivity index (χ3n) is 4.04. The zero-order valence-corrected chi connectivity index (χ0v) is 12.8. The first-order valence-corrected chi connectivity index (χ1v) is 7.25. The number of carbonyl (C=O) groups is 2. The molecule has 0 unspecified atom stereocenters. The second-order valence-electron chi connectivity index (χ2n) is 5.72. The topological polar surface area (TPSA) is 61.4 Å². The highest BCUT2D eigenvalue weighted by atomic mass is 16.2. The number of amides is 2. The van der Waals surface area contributed by atoms with Gasteiger partial charge in [0.1, 0.15) is 0 Å². The largest absolute Gasteiger partial charge is 0.359 e. The number of benzene rings is 1. The van der Waals surface area contributed by atoms with E-state index < -0.39 is 0 Å². The average molecular weight is 289 g/mol. The van der Waals surface area contributed by atoms with Crippen LogP contribution in [0.2, 0.25) is 0 Å². The normalized spacial score (nSPS) is 22.0. The monoisotopic (exact) mass is 289 g/mol. The number of nitrogens with one attached hydrogen (secondary N) is 2. The van der Waals surface area contributed by atoms with Crippen molar-refractivity contribution in [3.63, 3.8) is 0 Å². The standard InChI is InChI=1S/C16H23N3O2/c1-11-6-4-5-7-12(11)8-15(20)18-14-10-19(3)9-13(14)16(21)17-2/h4-7,13-14H,8-10H2,1-3H3,(H,17,21)(H,18,20)/t13-,14+/m1/s1. The molecule has 1 heterocycles. The lowest BCUT2D eigenvalue weighted by Crippen LogP contribution is -2.46. The van der Waals surface area contributed by atoms with Crippen LogP contribution in [0, 0.1) is 12.8 Å². The highest BCUT2D eigenvalue weighted by molar-refractivity contribution is 5.83. The van der Waals surface area contributed by atoms with Gasteiger partial charge in [-0.3, -0.25) is 9.59 Å². The van der Waals surface area contributed by atoms with Gasteiger partial charge < -0.3 is 15.5 Å². The molecule has 5 heteroatoms. The second kappa shape index (κ2) is 6.72. The molecule has 0 spiro atoms. The summed E-state index contributed by atoms with van der Waals surface area (Å²) >= 11 is 0. The van der Waals surface area contributed by atoms with Gasteiger partial charge in [0.15, 0.2) is 0 Å². The fraction of sp³-hybridized carbons (Fsp3) is 0.500. The molecule has 0 saturated carbocycles. The summed E-state index contributed by atoms with van der Waals surface area (Å²) in [5.41, 5.74) is 2.14. The van der Waals surface area contributed by atoms with Crippen molar-refractivity contribution in [2.45, 2.75) is 19.4 Å². The molecular weight excluding hydrogens is 266 g/mol. The molecule has 1 aliphatic heterocycles. The van der Waals surface area contributed by atoms with Crippen molar-refractivity contribution < 1.29 is 9.59 Å². The van der Waals surface area contributed by atoms with Crippen LogP contribution in [-0.4, -0.2) is 49.9 Å². The molecule has 0 aromatic heterocycles. The van der Waals surface area contributed by atoms with E-state index in [9.17, 15) is 9.59 Å². The van der Waals surface area contributed by atoms with E-state index in [-0.39, 0.29) is 23.8 Å². The molecule has 0 aliphatic carbocycles. The van der Waals surface area contributed by atoms with Crippen LogP contribution in [0.5, 0.6) is 0 Å². The van der Waals surface area contributed by atoms with E-state index in [2.05, 4.69) is 15.5 Å². The average Bonchev–Trinajstić information content (AvgIpc) is 2.81. The van der Waals surface area contributed by atoms with Crippen LogP contribution in [0.25, 0.3) is 0 Å². The maximum atomic E-state index is 12.2. The molecule has 1 aromatic rings. The number of likely N-dealkylation sites (N-methyl/N-ethyl adjacent to an activating group) is 1. The predicted molar refractivity (Wildman–Crippen MR) is 81.9 cm³/mol. The Morgan fingerprint density at radius 3 is 2.67 bits per heavy atom. The Balaban J connectivity index is 1.98. The minimum atomic E-state index is -0.180. The van der Waals surface area contributed by atoms with E-state index >= 15 is 0 Å². The van der Waals surface area contributed by atoms with Crippen LogP contribution >= 0.6 is 0 Å². The maximum absolute atomic E-state index is 12.2. The van der Waals surface area contributed by atoms with Crippen molar-refractivity contribution in [3.05, 3.63) is 35.4 Å². The van der Waals surface area contributed by atoms with Gasteiger partial charge in [0.05, 0.1) is 18.4 Å². The predicted octanol–water partition coefficient (Wildman–Crippen LogP) is 0.330. The summed E-state index contributed by atoms with van der Waals surface area (Å²) in [4.78, 5) is 26.2. The van der Waals surface area contributed by atoms with Crippen LogP contribution in [0.15, 0.2) is 24.3 Å². The van der Waals surface area contributed by atoms with Gasteiger partial charge in [-0.2, -0.15) is 0 Å². The Kier molecular flexibility index (Phi) is 4.96. The number of aryl methyl sites for hydroxylation is 1. The number of nitrogens with zero attached hydrogens (tertiary/aromatic N) is 1. The summed E-state index contributed by atoms with van der Waals surface area (Å²) in [6, 6.07) is 7.74. The minimum Gasteiger partial charge on any atom is -0.359 e. The molecule has 1 fully saturated rings. The number of rotatable bonds is 4. The molecule has 2 rings (SSSR count). The zero-order chi connectivity index (χ0) is 15.4. The van der Waals surface area contributed by atoms with Crippen LogP contribution in [-0.2, 0) is 16.0 Å². The van der Waals surface area contributed by atoms with Gasteiger partial charge in [-0.25, -0.2) is 0 Å². The van der Waals surface area contributed by atoms with Crippen molar-refractivity contribution in [2.24, 2.45) is 5.92 Å². The Bertz CT molecular complexity index is 530. The third kappa shape index (κ3) is 3.82. The zero-order valence-electron chi connectivity index (χ0n) is 12.8. The van der Waals surface area contributed by atoms with Crippen molar-refractivity contribution in [1.29, 1.82) is 0 Å². The van der Waals surface area contributed by atoms with E-state index in [1.807, 2.05) is 38.2 Å². The van der Waals surface area contributed by atoms with Gasteiger partial charge in [-0.1, -0.05) is 24.3 Å². The van der Waals surface area contributed by atoms with Gasteiger partial charge in [-0.15, -0.1) is 0 Å². The lowest BCUT2D eigenvalue weighted by atomic mass is 10.0. The lowest BCUT2D eigenvalue weighted by Gasteiger charge is -2.19. The van der Waals surface area contributed by atoms with Crippen LogP contribution in [0.1, 0.15) is 11.1 Å². The first-order valence-electron chi connectivity index (χ1n) is 7.25. The van der Waals surface area contributed by atoms with E-state index in [0.717, 1.165) is 11.1 Å². The van der Waals surface area contributed by atoms with E-state index in [0.29, 0.717) is 19.5 Å². The van der Waals surface area contributed by atoms with Gasteiger partial charge in [0.2, 0.25) is 11.8 Å². The van der Waals surface area contributed by atoms with Gasteiger partial charge in [0, 0.05) is 20.1 Å². The minimum absolute atomic E-state index is 0.0134. The number of carbonyl (C=O) groups excluding carboxylic acids is 2. The van der Waals surface area contributed by atoms with Crippen molar-refractivity contribution in [1.82, 2.24) is 15.5 Å². The summed E-state index contributed by atoms with van der Waals surface area (Å²) in [5.74, 6) is -0.222. The van der Waals surface area contributed by atoms with Crippen molar-refractivity contribution in [2.75, 3.05) is 27.2 Å². The molecule has 1 aliphatic rings. The summed E-state index contributed by atoms with van der Waals surface area (Å²) in [5, 5.41) is 5.68. The molecule has 114 valence electrons. The van der Waals surface area contributed by atoms with Gasteiger partial charge >= 0.3 is 0 Å². The van der Waals surface area contributed by atoms with E-state index in [4.69, 9.17) is 0 Å². The Hall–Kier alpha value is -1.88. The number of hydrogen-bond donors (Lipinski definition) is 2. The van der Waals surface area contributed by atoms with Crippen molar-refractivity contribution in [3.8, 4) is 0 Å². The molecule has 0 radical (unpaired) electrons. The van der Waals surface area contributed by atoms with E-state index in [1.54, 1.807) is 7.05 Å². The third-order valence-corrected chi connectivity index (χ3v) is 4.04. The Morgan fingerprint density at radius 2 is 2.00 bits per heavy atom. The SMILES string of the molecule is CNC(=O)[C@@H]1CN(C)C[C@@H]1NC(=O)Cc1ccccc1C. The summed E-state index contributed by atoms with van der Waals surface area (Å²) < 4.78 is 0. The Morgan fingerprint density at radius 1 is 1.29 bits per heavy atom. The molecule has 2 atom stereocenters. The smallest absolute Gasteiger partial charge is 0.226 e. The molecule has 1 aromatic carbocycles. The molecule has 1 saturated heterocycles. The maximum Gasteiger partial charge on any atom is 0.226 e. The lowest BCUT2D eigenvalue weighted by molar-refractivity contribution is -0.125. The number of likely N-dealkylation sites (tertiary alicyclic amines) is 1. The van der Waals surface area contributed by atoms with E-state index in [1.165, 1.54) is 0 Å². The first kappa shape index (κ1) is 15.5. The fourth-order valence-corrected chi connectivity index (χ4v) is 2.84. The summed E-state index contributed by atoms with van der Waals surface area (Å²) in [7, 11) is 3.59. The van der Waals surface area contributed by atoms with Crippen molar-refractivity contribution >= 4 is 11.8 Å². The molecule has 21 heavy (non-hydrogen) atoms. The summed E-state index contributed by atoms with van der Waals surface area (Å²) in [6.45, 7) is 3.38. The Labute approximate surface area is 125 Å². The molecule has 2 amide bonds. The van der Waals surface area contributed by atoms with Crippen LogP contribution in [0.3, 0.4) is 0 Å². The first-order chi connectivity index (χ1) is 10.0. The highest BCUT2D eigenvalue weighted by Crippen LogP contribution is 2.16. The quantitative estimate of drug-likeness (QED) is 0.840. The molecular formula is C16H23N3O2. The summed E-state index contributed by atoms with van der Waals surface area (Å²) in [6.07, 6.45) is 0.355. The van der Waals surface area contributed by atoms with Gasteiger partial charge in [0.25, 0.3) is 0 Å². The van der Waals surface area contributed by atoms with Crippen LogP contribution < -0.4 is 10.6 Å².